The summed E-state index contributed by atoms with van der Waals surface area (Å²) in [4.78, 5) is 14.7. The molecule has 7 heteroatoms. The zero-order valence-corrected chi connectivity index (χ0v) is 9.30. The zero-order chi connectivity index (χ0) is 10.7. The molecule has 14 heavy (non-hydrogen) atoms. The Balaban J connectivity index is -0.000000209. The van der Waals surface area contributed by atoms with Crippen molar-refractivity contribution in [3.8, 4) is 0 Å². The second-order valence-electron chi connectivity index (χ2n) is 2.55. The molecule has 0 aliphatic rings. The second-order valence-corrected chi connectivity index (χ2v) is 2.55. The van der Waals surface area contributed by atoms with Crippen molar-refractivity contribution in [3.05, 3.63) is 0 Å². The number of aliphatic imine (C=N–C) groups is 1. The number of carbonyl (C=O) groups excluding carboxylic acids is 1. The van der Waals surface area contributed by atoms with Crippen LogP contribution in [0.3, 0.4) is 0 Å². The Morgan fingerprint density at radius 1 is 1.50 bits per heavy atom. The molecule has 0 aromatic carbocycles. The number of halogens is 1. The van der Waals surface area contributed by atoms with Crippen LogP contribution in [0.2, 0.25) is 0 Å². The number of amides is 2. The van der Waals surface area contributed by atoms with Crippen molar-refractivity contribution >= 4 is 24.4 Å². The predicted molar refractivity (Wildman–Crippen MR) is 59.2 cm³/mol. The Morgan fingerprint density at radius 2 is 1.93 bits per heavy atom. The van der Waals surface area contributed by atoms with E-state index in [1.165, 1.54) is 0 Å². The van der Waals surface area contributed by atoms with Crippen LogP contribution in [0.15, 0.2) is 4.99 Å². The summed E-state index contributed by atoms with van der Waals surface area (Å²) < 4.78 is 0. The molecule has 0 rings (SSSR count). The van der Waals surface area contributed by atoms with E-state index < -0.39 is 6.03 Å². The SMILES string of the molecule is CN(C)CCCN=C=N.Cl.NC(N)=O. The van der Waals surface area contributed by atoms with Crippen LogP contribution in [0.5, 0.6) is 0 Å². The smallest absolute Gasteiger partial charge is 0.309 e. The predicted octanol–water partition coefficient (Wildman–Crippen LogP) is 0.136. The van der Waals surface area contributed by atoms with E-state index in [-0.39, 0.29) is 12.4 Å². The van der Waals surface area contributed by atoms with Gasteiger partial charge in [-0.25, -0.2) is 15.2 Å². The van der Waals surface area contributed by atoms with Crippen molar-refractivity contribution < 1.29 is 4.79 Å². The Morgan fingerprint density at radius 3 is 2.21 bits per heavy atom. The number of hydrogen-bond donors (Lipinski definition) is 3. The molecule has 0 fully saturated rings. The maximum atomic E-state index is 9.00. The largest absolute Gasteiger partial charge is 0.352 e. The highest BCUT2D eigenvalue weighted by atomic mass is 35.5. The third-order valence-electron chi connectivity index (χ3n) is 0.954. The average molecular weight is 224 g/mol. The molecule has 0 heterocycles. The van der Waals surface area contributed by atoms with Gasteiger partial charge in [-0.15, -0.1) is 12.4 Å². The first-order chi connectivity index (χ1) is 6.00. The lowest BCUT2D eigenvalue weighted by atomic mass is 10.4. The molecule has 0 saturated carbocycles. The monoisotopic (exact) mass is 223 g/mol. The third kappa shape index (κ3) is 44.5. The fourth-order valence-electron chi connectivity index (χ4n) is 0.522. The lowest BCUT2D eigenvalue weighted by molar-refractivity contribution is 0.256. The molecule has 0 aliphatic heterocycles. The average Bonchev–Trinajstić information content (AvgIpc) is 1.97. The molecule has 84 valence electrons. The van der Waals surface area contributed by atoms with Gasteiger partial charge in [-0.1, -0.05) is 0 Å². The molecular formula is C7H18ClN5O. The van der Waals surface area contributed by atoms with Gasteiger partial charge < -0.3 is 16.4 Å². The van der Waals surface area contributed by atoms with Crippen LogP contribution in [0.1, 0.15) is 6.42 Å². The maximum Gasteiger partial charge on any atom is 0.309 e. The number of nitrogens with zero attached hydrogens (tertiary/aromatic N) is 2. The van der Waals surface area contributed by atoms with Crippen molar-refractivity contribution in [1.29, 1.82) is 5.41 Å². The van der Waals surface area contributed by atoms with Crippen LogP contribution < -0.4 is 11.5 Å². The molecule has 0 aromatic heterocycles. The first-order valence-corrected chi connectivity index (χ1v) is 3.78. The van der Waals surface area contributed by atoms with Crippen LogP contribution >= 0.6 is 12.4 Å². The van der Waals surface area contributed by atoms with Crippen LogP contribution in [-0.2, 0) is 0 Å². The molecule has 0 saturated heterocycles. The normalized spacial score (nSPS) is 7.64. The van der Waals surface area contributed by atoms with Crippen LogP contribution in [0, 0.1) is 5.41 Å². The van der Waals surface area contributed by atoms with E-state index in [4.69, 9.17) is 10.2 Å². The van der Waals surface area contributed by atoms with Crippen molar-refractivity contribution in [2.75, 3.05) is 27.2 Å². The van der Waals surface area contributed by atoms with Gasteiger partial charge >= 0.3 is 6.03 Å². The van der Waals surface area contributed by atoms with Gasteiger partial charge in [0.15, 0.2) is 0 Å². The van der Waals surface area contributed by atoms with Gasteiger partial charge in [0, 0.05) is 0 Å². The molecule has 0 atom stereocenters. The highest BCUT2D eigenvalue weighted by Crippen LogP contribution is 1.82. The van der Waals surface area contributed by atoms with Crippen molar-refractivity contribution in [2.24, 2.45) is 16.5 Å². The zero-order valence-electron chi connectivity index (χ0n) is 8.49. The summed E-state index contributed by atoms with van der Waals surface area (Å²) in [7, 11) is 4.04. The minimum absolute atomic E-state index is 0. The van der Waals surface area contributed by atoms with Crippen LogP contribution in [0.4, 0.5) is 4.79 Å². The van der Waals surface area contributed by atoms with Gasteiger partial charge in [-0.05, 0) is 27.1 Å². The Bertz CT molecular complexity index is 175. The minimum atomic E-state index is -0.833. The first-order valence-electron chi connectivity index (χ1n) is 3.78. The lowest BCUT2D eigenvalue weighted by Gasteiger charge is -2.05. The van der Waals surface area contributed by atoms with Crippen molar-refractivity contribution in [3.63, 3.8) is 0 Å². The van der Waals surface area contributed by atoms with Gasteiger partial charge in [-0.3, -0.25) is 0 Å². The number of nitrogens with one attached hydrogen (secondary N) is 1. The number of carbonyl (C=O) groups is 1. The molecule has 2 amide bonds. The summed E-state index contributed by atoms with van der Waals surface area (Å²) in [6.45, 7) is 1.76. The highest BCUT2D eigenvalue weighted by molar-refractivity contribution is 5.85. The quantitative estimate of drug-likeness (QED) is 0.465. The molecule has 0 spiro atoms. The van der Waals surface area contributed by atoms with E-state index in [1.54, 1.807) is 0 Å². The van der Waals surface area contributed by atoms with E-state index in [0.29, 0.717) is 0 Å². The molecule has 0 aliphatic carbocycles. The highest BCUT2D eigenvalue weighted by Gasteiger charge is 1.86. The van der Waals surface area contributed by atoms with Gasteiger partial charge in [0.1, 0.15) is 0 Å². The van der Waals surface area contributed by atoms with E-state index in [9.17, 15) is 0 Å². The summed E-state index contributed by atoms with van der Waals surface area (Å²) in [6.07, 6.45) is 1.01. The van der Waals surface area contributed by atoms with Gasteiger partial charge in [0.2, 0.25) is 0 Å². The van der Waals surface area contributed by atoms with E-state index in [2.05, 4.69) is 21.4 Å². The van der Waals surface area contributed by atoms with Gasteiger partial charge in [0.25, 0.3) is 0 Å². The summed E-state index contributed by atoms with van der Waals surface area (Å²) >= 11 is 0. The molecule has 0 radical (unpaired) electrons. The van der Waals surface area contributed by atoms with Crippen molar-refractivity contribution in [2.45, 2.75) is 6.42 Å². The molecule has 6 nitrogen and oxygen atoms in total. The number of rotatable bonds is 4. The number of nitrogens with two attached hydrogens (primary N) is 2. The lowest BCUT2D eigenvalue weighted by Crippen LogP contribution is -2.18. The molecule has 0 unspecified atom stereocenters. The minimum Gasteiger partial charge on any atom is -0.352 e. The topological polar surface area (TPSA) is 109 Å². The number of hydrogen-bond acceptors (Lipinski definition) is 4. The summed E-state index contributed by atoms with van der Waals surface area (Å²) in [6, 6.07) is 1.16. The molecule has 0 bridgehead atoms. The Hall–Kier alpha value is -1.10. The van der Waals surface area contributed by atoms with Crippen LogP contribution in [0.25, 0.3) is 0 Å². The van der Waals surface area contributed by atoms with Crippen molar-refractivity contribution in [1.82, 2.24) is 4.90 Å². The number of urea groups is 1. The molecule has 5 N–H and O–H groups in total. The summed E-state index contributed by atoms with van der Waals surface area (Å²) in [5, 5.41) is 6.46. The Labute approximate surface area is 90.3 Å². The molecular weight excluding hydrogens is 206 g/mol. The van der Waals surface area contributed by atoms with E-state index in [0.717, 1.165) is 19.5 Å². The third-order valence-corrected chi connectivity index (χ3v) is 0.954. The van der Waals surface area contributed by atoms with Gasteiger partial charge in [0.05, 0.1) is 12.6 Å². The Kier molecular flexibility index (Phi) is 19.2. The fraction of sp³-hybridized carbons (Fsp3) is 0.714. The second kappa shape index (κ2) is 14.4. The molecule has 0 aromatic rings. The van der Waals surface area contributed by atoms with Crippen LogP contribution in [-0.4, -0.2) is 44.1 Å². The first kappa shape index (κ1) is 18.6. The number of primary amides is 2. The summed E-state index contributed by atoms with van der Waals surface area (Å²) in [5.41, 5.74) is 8.50. The fourth-order valence-corrected chi connectivity index (χ4v) is 0.522. The van der Waals surface area contributed by atoms with E-state index >= 15 is 0 Å². The van der Waals surface area contributed by atoms with E-state index in [1.807, 2.05) is 20.1 Å². The standard InChI is InChI=1S/C6H13N3.CH4N2O.ClH/c1-9(2)5-3-4-8-6-7;2-1(3)4;/h7H,3-5H2,1-2H3;(H4,2,3,4);1H. The van der Waals surface area contributed by atoms with Gasteiger partial charge in [-0.2, -0.15) is 0 Å². The maximum absolute atomic E-state index is 9.00. The summed E-state index contributed by atoms with van der Waals surface area (Å²) in [5.74, 6) is 0.